The topological polar surface area (TPSA) is 83.3 Å². The maximum Gasteiger partial charge on any atom is 0.295 e. The van der Waals surface area contributed by atoms with E-state index in [4.69, 9.17) is 9.47 Å². The lowest BCUT2D eigenvalue weighted by molar-refractivity contribution is -0.908. The van der Waals surface area contributed by atoms with Crippen LogP contribution in [0.15, 0.2) is 60.2 Å². The zero-order valence-electron chi connectivity index (χ0n) is 19.8. The van der Waals surface area contributed by atoms with E-state index >= 15 is 0 Å². The van der Waals surface area contributed by atoms with E-state index < -0.39 is 23.5 Å². The molecule has 2 heterocycles. The summed E-state index contributed by atoms with van der Waals surface area (Å²) in [5.74, 6) is -1.01. The molecule has 0 aromatic heterocycles. The average molecular weight is 465 g/mol. The molecule has 0 radical (unpaired) electrons. The average Bonchev–Trinajstić information content (AvgIpc) is 3.10. The molecular weight excluding hydrogens is 432 g/mol. The van der Waals surface area contributed by atoms with Gasteiger partial charge in [0.15, 0.2) is 0 Å². The van der Waals surface area contributed by atoms with Gasteiger partial charge in [0.25, 0.3) is 5.91 Å². The normalized spacial score (nSPS) is 20.8. The number of ether oxygens (including phenoxy) is 2. The number of hydrogen-bond acceptors (Lipinski definition) is 5. The zero-order valence-corrected chi connectivity index (χ0v) is 19.8. The summed E-state index contributed by atoms with van der Waals surface area (Å²) < 4.78 is 11.2. The second-order valence-corrected chi connectivity index (χ2v) is 9.04. The van der Waals surface area contributed by atoms with E-state index in [9.17, 15) is 14.7 Å². The second-order valence-electron chi connectivity index (χ2n) is 9.04. The number of ketones is 1. The highest BCUT2D eigenvalue weighted by Gasteiger charge is 2.44. The number of hydrogen-bond donors (Lipinski definition) is 1. The first-order valence-corrected chi connectivity index (χ1v) is 12.0. The molecule has 7 nitrogen and oxygen atoms in total. The molecule has 2 aliphatic rings. The number of carbonyl (C=O) groups is 2. The molecule has 2 saturated heterocycles. The number of morpholine rings is 1. The molecule has 2 aromatic rings. The highest BCUT2D eigenvalue weighted by atomic mass is 16.5. The Balaban J connectivity index is 1.64. The van der Waals surface area contributed by atoms with Gasteiger partial charge in [0.05, 0.1) is 31.9 Å². The van der Waals surface area contributed by atoms with Crippen molar-refractivity contribution in [3.63, 3.8) is 0 Å². The first-order valence-electron chi connectivity index (χ1n) is 12.0. The van der Waals surface area contributed by atoms with Gasteiger partial charge in [0.2, 0.25) is 5.78 Å². The van der Waals surface area contributed by atoms with E-state index in [1.54, 1.807) is 29.2 Å². The van der Waals surface area contributed by atoms with Crippen molar-refractivity contribution in [2.45, 2.75) is 32.4 Å². The fraction of sp³-hybridized carbons (Fsp3) is 0.407. The van der Waals surface area contributed by atoms with Crippen molar-refractivity contribution >= 4 is 17.4 Å². The Hall–Kier alpha value is -3.16. The van der Waals surface area contributed by atoms with E-state index in [2.05, 4.69) is 0 Å². The first kappa shape index (κ1) is 24.0. The van der Waals surface area contributed by atoms with Gasteiger partial charge in [-0.2, -0.15) is 0 Å². The van der Waals surface area contributed by atoms with Gasteiger partial charge in [0.1, 0.15) is 18.8 Å². The third-order valence-corrected chi connectivity index (χ3v) is 6.26. The Morgan fingerprint density at radius 3 is 2.41 bits per heavy atom. The van der Waals surface area contributed by atoms with Gasteiger partial charge in [-0.25, -0.2) is 0 Å². The summed E-state index contributed by atoms with van der Waals surface area (Å²) in [7, 11) is 0. The molecule has 1 atom stereocenters. The molecule has 2 aromatic carbocycles. The number of quaternary nitrogens is 1. The zero-order chi connectivity index (χ0) is 24.1. The summed E-state index contributed by atoms with van der Waals surface area (Å²) >= 11 is 0. The lowest BCUT2D eigenvalue weighted by atomic mass is 9.95. The van der Waals surface area contributed by atoms with Crippen LogP contribution >= 0.6 is 0 Å². The minimum Gasteiger partial charge on any atom is -0.872 e. The smallest absolute Gasteiger partial charge is 0.295 e. The van der Waals surface area contributed by atoms with E-state index in [-0.39, 0.29) is 11.7 Å². The summed E-state index contributed by atoms with van der Waals surface area (Å²) in [5, 5.41) is 13.4. The van der Waals surface area contributed by atoms with Crippen LogP contribution in [0.3, 0.4) is 0 Å². The number of nitrogens with zero attached hydrogens (tertiary/aromatic N) is 1. The van der Waals surface area contributed by atoms with E-state index in [0.717, 1.165) is 44.8 Å². The minimum atomic E-state index is -0.708. The number of carbonyl (C=O) groups excluding carboxylic acids is 2. The SMILES string of the molecule is CC(C)Oc1ccc(C2/C(=C(\[O-])c3ccccc3)C(=O)C(=O)N2CCC[NH+]2CCOCC2)cc1. The fourth-order valence-electron chi connectivity index (χ4n) is 4.60. The highest BCUT2D eigenvalue weighted by molar-refractivity contribution is 6.46. The molecule has 1 N–H and O–H groups in total. The van der Waals surface area contributed by atoms with Crippen LogP contribution in [0.5, 0.6) is 5.75 Å². The third kappa shape index (κ3) is 5.32. The van der Waals surface area contributed by atoms with Crippen LogP contribution in [-0.4, -0.2) is 62.1 Å². The molecule has 0 saturated carbocycles. The number of nitrogens with one attached hydrogen (secondary N) is 1. The van der Waals surface area contributed by atoms with Gasteiger partial charge in [-0.1, -0.05) is 48.2 Å². The number of Topliss-reactive ketones (excluding diaryl/α,β-unsaturated/α-hetero) is 1. The molecular formula is C27H32N2O5. The Labute approximate surface area is 200 Å². The Morgan fingerprint density at radius 2 is 1.76 bits per heavy atom. The molecule has 180 valence electrons. The monoisotopic (exact) mass is 464 g/mol. The minimum absolute atomic E-state index is 0.0208. The molecule has 7 heteroatoms. The number of rotatable bonds is 8. The van der Waals surface area contributed by atoms with E-state index in [0.29, 0.717) is 17.9 Å². The van der Waals surface area contributed by atoms with Crippen molar-refractivity contribution in [1.82, 2.24) is 4.90 Å². The summed E-state index contributed by atoms with van der Waals surface area (Å²) in [4.78, 5) is 29.2. The summed E-state index contributed by atoms with van der Waals surface area (Å²) in [6, 6.07) is 15.3. The number of amides is 1. The van der Waals surface area contributed by atoms with E-state index in [1.165, 1.54) is 4.90 Å². The quantitative estimate of drug-likeness (QED) is 0.358. The summed E-state index contributed by atoms with van der Waals surface area (Å²) in [6.45, 7) is 8.57. The van der Waals surface area contributed by atoms with Gasteiger partial charge in [-0.05, 0) is 37.1 Å². The van der Waals surface area contributed by atoms with Crippen molar-refractivity contribution in [3.05, 3.63) is 71.3 Å². The predicted octanol–water partition coefficient (Wildman–Crippen LogP) is 1.00. The van der Waals surface area contributed by atoms with Crippen molar-refractivity contribution in [1.29, 1.82) is 0 Å². The fourth-order valence-corrected chi connectivity index (χ4v) is 4.60. The van der Waals surface area contributed by atoms with Crippen molar-refractivity contribution in [2.24, 2.45) is 0 Å². The Bertz CT molecular complexity index is 1030. The van der Waals surface area contributed by atoms with Crippen molar-refractivity contribution in [3.8, 4) is 5.75 Å². The predicted molar refractivity (Wildman–Crippen MR) is 126 cm³/mol. The van der Waals surface area contributed by atoms with Gasteiger partial charge in [0, 0.05) is 18.5 Å². The maximum absolute atomic E-state index is 13.4. The highest BCUT2D eigenvalue weighted by Crippen LogP contribution is 2.39. The van der Waals surface area contributed by atoms with Gasteiger partial charge in [-0.3, -0.25) is 9.59 Å². The van der Waals surface area contributed by atoms with Crippen LogP contribution in [0.2, 0.25) is 0 Å². The molecule has 2 fully saturated rings. The Morgan fingerprint density at radius 1 is 1.09 bits per heavy atom. The van der Waals surface area contributed by atoms with Gasteiger partial charge >= 0.3 is 0 Å². The summed E-state index contributed by atoms with van der Waals surface area (Å²) in [6.07, 6.45) is 0.771. The lowest BCUT2D eigenvalue weighted by Gasteiger charge is -2.29. The first-order chi connectivity index (χ1) is 16.5. The number of likely N-dealkylation sites (tertiary alicyclic amines) is 1. The molecule has 2 aliphatic heterocycles. The van der Waals surface area contributed by atoms with Gasteiger partial charge < -0.3 is 24.4 Å². The van der Waals surface area contributed by atoms with Crippen LogP contribution in [0.25, 0.3) is 5.76 Å². The lowest BCUT2D eigenvalue weighted by Crippen LogP contribution is -3.14. The van der Waals surface area contributed by atoms with Gasteiger partial charge in [-0.15, -0.1) is 0 Å². The standard InChI is InChI=1S/C27H32N2O5/c1-19(2)34-22-11-9-20(10-12-22)24-23(25(30)21-7-4-3-5-8-21)26(31)27(32)29(24)14-6-13-28-15-17-33-18-16-28/h3-5,7-12,19,24,30H,6,13-18H2,1-2H3/b25-23+. The third-order valence-electron chi connectivity index (χ3n) is 6.26. The second kappa shape index (κ2) is 10.8. The molecule has 34 heavy (non-hydrogen) atoms. The maximum atomic E-state index is 13.4. The van der Waals surface area contributed by atoms with Crippen molar-refractivity contribution in [2.75, 3.05) is 39.4 Å². The molecule has 1 amide bonds. The molecule has 4 rings (SSSR count). The summed E-state index contributed by atoms with van der Waals surface area (Å²) in [5.41, 5.74) is 1.16. The van der Waals surface area contributed by atoms with Crippen LogP contribution < -0.4 is 14.7 Å². The molecule has 0 aliphatic carbocycles. The van der Waals surface area contributed by atoms with Crippen LogP contribution in [0.1, 0.15) is 37.4 Å². The van der Waals surface area contributed by atoms with Crippen LogP contribution in [0.4, 0.5) is 0 Å². The largest absolute Gasteiger partial charge is 0.872 e. The van der Waals surface area contributed by atoms with Crippen molar-refractivity contribution < 1.29 is 29.1 Å². The van der Waals surface area contributed by atoms with Crippen LogP contribution in [-0.2, 0) is 14.3 Å². The molecule has 1 unspecified atom stereocenters. The van der Waals surface area contributed by atoms with Crippen LogP contribution in [0, 0.1) is 0 Å². The van der Waals surface area contributed by atoms with E-state index in [1.807, 2.05) is 44.2 Å². The molecule has 0 bridgehead atoms. The number of benzene rings is 2. The Kier molecular flexibility index (Phi) is 7.65. The molecule has 0 spiro atoms.